The van der Waals surface area contributed by atoms with Gasteiger partial charge in [0.25, 0.3) is 0 Å². The van der Waals surface area contributed by atoms with Gasteiger partial charge in [0.15, 0.2) is 0 Å². The fraction of sp³-hybridized carbons (Fsp3) is 0.350. The topological polar surface area (TPSA) is 111 Å². The number of aromatic nitrogens is 2. The van der Waals surface area contributed by atoms with E-state index in [0.29, 0.717) is 24.6 Å². The molecule has 0 saturated carbocycles. The van der Waals surface area contributed by atoms with E-state index in [-0.39, 0.29) is 29.4 Å². The molecule has 1 aromatic heterocycles. The third-order valence-corrected chi connectivity index (χ3v) is 6.95. The number of nitrogens with zero attached hydrogens (tertiary/aromatic N) is 3. The Morgan fingerprint density at radius 3 is 2.73 bits per heavy atom. The van der Waals surface area contributed by atoms with Gasteiger partial charge in [-0.05, 0) is 43.7 Å². The average molecular weight is 430 g/mol. The van der Waals surface area contributed by atoms with Gasteiger partial charge in [0.2, 0.25) is 21.8 Å². The van der Waals surface area contributed by atoms with Crippen molar-refractivity contribution >= 4 is 15.9 Å². The molecule has 3 heterocycles. The number of nitrogens with one attached hydrogen (secondary N) is 1. The van der Waals surface area contributed by atoms with Gasteiger partial charge in [-0.25, -0.2) is 13.4 Å². The molecule has 0 spiro atoms. The molecule has 3 unspecified atom stereocenters. The summed E-state index contributed by atoms with van der Waals surface area (Å²) in [5, 5.41) is 2.70. The first-order valence-electron chi connectivity index (χ1n) is 9.50. The van der Waals surface area contributed by atoms with E-state index in [1.807, 2.05) is 0 Å². The third-order valence-electron chi connectivity index (χ3n) is 5.11. The van der Waals surface area contributed by atoms with Crippen molar-refractivity contribution in [1.29, 1.82) is 0 Å². The molecular formula is C20H22N4O5S. The number of carbonyl (C=O) groups excluding carboxylic acids is 1. The summed E-state index contributed by atoms with van der Waals surface area (Å²) in [7, 11) is -3.66. The van der Waals surface area contributed by atoms with Crippen molar-refractivity contribution < 1.29 is 22.7 Å². The number of benzene rings is 1. The molecule has 0 bridgehead atoms. The smallest absolute Gasteiger partial charge is 0.245 e. The van der Waals surface area contributed by atoms with Crippen LogP contribution in [0.25, 0.3) is 0 Å². The minimum atomic E-state index is -3.66. The van der Waals surface area contributed by atoms with Crippen LogP contribution in [0.4, 0.5) is 0 Å². The monoisotopic (exact) mass is 430 g/mol. The summed E-state index contributed by atoms with van der Waals surface area (Å²) in [5.41, 5.74) is 0.722. The highest BCUT2D eigenvalue weighted by Crippen LogP contribution is 2.35. The van der Waals surface area contributed by atoms with E-state index >= 15 is 0 Å². The summed E-state index contributed by atoms with van der Waals surface area (Å²) in [6.45, 7) is 5.83. The van der Waals surface area contributed by atoms with Crippen LogP contribution in [0.2, 0.25) is 0 Å². The summed E-state index contributed by atoms with van der Waals surface area (Å²) < 4.78 is 38.9. The molecule has 2 saturated heterocycles. The van der Waals surface area contributed by atoms with Gasteiger partial charge in [-0.2, -0.15) is 4.31 Å². The number of hydrogen-bond acceptors (Lipinski definition) is 7. The average Bonchev–Trinajstić information content (AvgIpc) is 3.27. The van der Waals surface area contributed by atoms with E-state index in [9.17, 15) is 13.2 Å². The molecule has 1 N–H and O–H groups in total. The van der Waals surface area contributed by atoms with Crippen LogP contribution in [0.1, 0.15) is 12.1 Å². The van der Waals surface area contributed by atoms with Gasteiger partial charge in [-0.15, -0.1) is 0 Å². The second-order valence-corrected chi connectivity index (χ2v) is 9.20. The van der Waals surface area contributed by atoms with E-state index < -0.39 is 16.3 Å². The zero-order valence-electron chi connectivity index (χ0n) is 16.4. The number of amides is 1. The van der Waals surface area contributed by atoms with Gasteiger partial charge in [0.05, 0.1) is 22.9 Å². The van der Waals surface area contributed by atoms with E-state index in [0.717, 1.165) is 5.69 Å². The van der Waals surface area contributed by atoms with Crippen LogP contribution in [0.5, 0.6) is 11.6 Å². The van der Waals surface area contributed by atoms with Crippen molar-refractivity contribution in [3.05, 3.63) is 55.0 Å². The first-order valence-corrected chi connectivity index (χ1v) is 10.9. The molecule has 1 amide bonds. The zero-order chi connectivity index (χ0) is 21.3. The molecule has 1 aromatic carbocycles. The highest BCUT2D eigenvalue weighted by Gasteiger charge is 2.46. The minimum absolute atomic E-state index is 0.0393. The Morgan fingerprint density at radius 1 is 1.30 bits per heavy atom. The minimum Gasteiger partial charge on any atom is -0.437 e. The lowest BCUT2D eigenvalue weighted by atomic mass is 10.1. The number of hydrogen-bond donors (Lipinski definition) is 1. The SMILES string of the molecule is C=CC(=O)NC1CC2CN(S(=O)(=O)c3ccc(Oc4cncc(C)n4)cc3)CC2O1. The Balaban J connectivity index is 1.40. The van der Waals surface area contributed by atoms with Crippen LogP contribution < -0.4 is 10.1 Å². The molecule has 2 fully saturated rings. The van der Waals surface area contributed by atoms with Crippen molar-refractivity contribution in [3.63, 3.8) is 0 Å². The predicted octanol–water partition coefficient (Wildman–Crippen LogP) is 1.62. The molecule has 2 aliphatic rings. The number of aryl methyl sites for hydroxylation is 1. The van der Waals surface area contributed by atoms with Crippen LogP contribution in [0.15, 0.2) is 54.2 Å². The Hall–Kier alpha value is -2.82. The maximum atomic E-state index is 13.0. The van der Waals surface area contributed by atoms with E-state index in [4.69, 9.17) is 9.47 Å². The molecule has 2 aromatic rings. The van der Waals surface area contributed by atoms with Gasteiger partial charge in [-0.1, -0.05) is 6.58 Å². The standard InChI is InChI=1S/C20H22N4O5S/c1-3-18(25)23-19-8-14-11-24(12-17(14)29-19)30(26,27)16-6-4-15(5-7-16)28-20-10-21-9-13(2)22-20/h3-7,9-10,14,17,19H,1,8,11-12H2,2H3,(H,23,25). The molecule has 0 radical (unpaired) electrons. The van der Waals surface area contributed by atoms with Crippen molar-refractivity contribution in [1.82, 2.24) is 19.6 Å². The lowest BCUT2D eigenvalue weighted by Gasteiger charge is -2.19. The summed E-state index contributed by atoms with van der Waals surface area (Å²) in [6.07, 6.45) is 4.22. The van der Waals surface area contributed by atoms with Gasteiger partial charge < -0.3 is 14.8 Å². The first kappa shape index (κ1) is 20.5. The number of rotatable bonds is 6. The molecule has 30 heavy (non-hydrogen) atoms. The molecule has 3 atom stereocenters. The van der Waals surface area contributed by atoms with Crippen LogP contribution in [-0.4, -0.2) is 54.0 Å². The van der Waals surface area contributed by atoms with Crippen molar-refractivity contribution in [2.75, 3.05) is 13.1 Å². The summed E-state index contributed by atoms with van der Waals surface area (Å²) in [4.78, 5) is 19.8. The van der Waals surface area contributed by atoms with E-state index in [1.54, 1.807) is 25.3 Å². The van der Waals surface area contributed by atoms with Crippen LogP contribution in [0, 0.1) is 12.8 Å². The first-order chi connectivity index (χ1) is 14.3. The summed E-state index contributed by atoms with van der Waals surface area (Å²) in [5.74, 6) is 0.547. The highest BCUT2D eigenvalue weighted by atomic mass is 32.2. The van der Waals surface area contributed by atoms with Gasteiger partial charge in [-0.3, -0.25) is 9.78 Å². The number of carbonyl (C=O) groups is 1. The van der Waals surface area contributed by atoms with Crippen molar-refractivity contribution in [2.24, 2.45) is 5.92 Å². The van der Waals surface area contributed by atoms with E-state index in [2.05, 4.69) is 21.9 Å². The number of ether oxygens (including phenoxy) is 2. The zero-order valence-corrected chi connectivity index (χ0v) is 17.2. The van der Waals surface area contributed by atoms with Crippen LogP contribution in [0.3, 0.4) is 0 Å². The number of fused-ring (bicyclic) bond motifs is 1. The molecule has 9 nitrogen and oxygen atoms in total. The third kappa shape index (κ3) is 4.20. The molecule has 158 valence electrons. The molecular weight excluding hydrogens is 408 g/mol. The second kappa shape index (κ2) is 8.13. The lowest BCUT2D eigenvalue weighted by molar-refractivity contribution is -0.120. The summed E-state index contributed by atoms with van der Waals surface area (Å²) >= 11 is 0. The fourth-order valence-corrected chi connectivity index (χ4v) is 5.18. The highest BCUT2D eigenvalue weighted by molar-refractivity contribution is 7.89. The molecule has 4 rings (SSSR count). The van der Waals surface area contributed by atoms with Crippen LogP contribution in [-0.2, 0) is 19.6 Å². The summed E-state index contributed by atoms with van der Waals surface area (Å²) in [6, 6.07) is 6.20. The Bertz CT molecular complexity index is 1040. The largest absolute Gasteiger partial charge is 0.437 e. The van der Waals surface area contributed by atoms with Crippen molar-refractivity contribution in [3.8, 4) is 11.6 Å². The number of sulfonamides is 1. The Kier molecular flexibility index (Phi) is 5.54. The predicted molar refractivity (Wildman–Crippen MR) is 107 cm³/mol. The Morgan fingerprint density at radius 2 is 2.07 bits per heavy atom. The second-order valence-electron chi connectivity index (χ2n) is 7.27. The van der Waals surface area contributed by atoms with Crippen LogP contribution >= 0.6 is 0 Å². The lowest BCUT2D eigenvalue weighted by Crippen LogP contribution is -2.37. The molecule has 0 aliphatic carbocycles. The maximum absolute atomic E-state index is 13.0. The van der Waals surface area contributed by atoms with Gasteiger partial charge in [0.1, 0.15) is 12.0 Å². The maximum Gasteiger partial charge on any atom is 0.245 e. The molecule has 10 heteroatoms. The Labute approximate surface area is 174 Å². The fourth-order valence-electron chi connectivity index (χ4n) is 3.67. The quantitative estimate of drug-likeness (QED) is 0.693. The van der Waals surface area contributed by atoms with Gasteiger partial charge in [0, 0.05) is 25.2 Å². The normalized spacial score (nSPS) is 23.7. The van der Waals surface area contributed by atoms with Gasteiger partial charge >= 0.3 is 0 Å². The van der Waals surface area contributed by atoms with E-state index in [1.165, 1.54) is 28.7 Å². The molecule has 2 aliphatic heterocycles. The van der Waals surface area contributed by atoms with Crippen molar-refractivity contribution in [2.45, 2.75) is 30.6 Å².